The Morgan fingerprint density at radius 2 is 1.59 bits per heavy atom. The van der Waals surface area contributed by atoms with Gasteiger partial charge in [0.1, 0.15) is 0 Å². The lowest BCUT2D eigenvalue weighted by atomic mass is 9.97. The number of anilines is 1. The Morgan fingerprint density at radius 1 is 0.966 bits per heavy atom. The number of nitrogens with one attached hydrogen (secondary N) is 1. The number of amides is 1. The Labute approximate surface area is 186 Å². The molecule has 156 valence electrons. The van der Waals surface area contributed by atoms with Gasteiger partial charge in [0.15, 0.2) is 0 Å². The zero-order valence-electron chi connectivity index (χ0n) is 16.0. The van der Waals surface area contributed by atoms with Crippen molar-refractivity contribution in [1.82, 2.24) is 4.31 Å². The van der Waals surface area contributed by atoms with Crippen LogP contribution >= 0.6 is 34.8 Å². The summed E-state index contributed by atoms with van der Waals surface area (Å²) in [6, 6.07) is 8.10. The molecule has 1 aliphatic heterocycles. The van der Waals surface area contributed by atoms with Crippen molar-refractivity contribution in [3.8, 4) is 0 Å². The van der Waals surface area contributed by atoms with Crippen molar-refractivity contribution in [2.45, 2.75) is 31.6 Å². The minimum Gasteiger partial charge on any atom is -0.324 e. The molecule has 0 aromatic heterocycles. The van der Waals surface area contributed by atoms with Gasteiger partial charge in [0, 0.05) is 19.0 Å². The van der Waals surface area contributed by atoms with Gasteiger partial charge in [-0.3, -0.25) is 4.79 Å². The second-order valence-corrected chi connectivity index (χ2v) is 10.3. The van der Waals surface area contributed by atoms with Gasteiger partial charge in [-0.1, -0.05) is 40.9 Å². The van der Waals surface area contributed by atoms with Crippen molar-refractivity contribution >= 4 is 56.4 Å². The van der Waals surface area contributed by atoms with E-state index < -0.39 is 10.0 Å². The lowest BCUT2D eigenvalue weighted by Crippen LogP contribution is -2.41. The van der Waals surface area contributed by atoms with Crippen LogP contribution in [0.5, 0.6) is 0 Å². The zero-order valence-corrected chi connectivity index (χ0v) is 19.1. The maximum Gasteiger partial charge on any atom is 0.243 e. The maximum atomic E-state index is 12.9. The van der Waals surface area contributed by atoms with E-state index in [1.165, 1.54) is 16.4 Å². The molecule has 1 fully saturated rings. The molecule has 0 bridgehead atoms. The zero-order chi connectivity index (χ0) is 21.3. The van der Waals surface area contributed by atoms with Gasteiger partial charge < -0.3 is 5.32 Å². The van der Waals surface area contributed by atoms with Crippen molar-refractivity contribution in [1.29, 1.82) is 0 Å². The molecular weight excluding hydrogens is 455 g/mol. The molecule has 0 saturated carbocycles. The van der Waals surface area contributed by atoms with Crippen molar-refractivity contribution in [2.75, 3.05) is 18.4 Å². The van der Waals surface area contributed by atoms with E-state index in [9.17, 15) is 13.2 Å². The van der Waals surface area contributed by atoms with E-state index in [1.54, 1.807) is 12.1 Å². The number of benzene rings is 2. The van der Waals surface area contributed by atoms with E-state index in [4.69, 9.17) is 34.8 Å². The molecule has 1 amide bonds. The summed E-state index contributed by atoms with van der Waals surface area (Å²) in [5.41, 5.74) is 2.36. The number of nitrogens with zero attached hydrogens (tertiary/aromatic N) is 1. The average Bonchev–Trinajstić information content (AvgIpc) is 2.68. The highest BCUT2D eigenvalue weighted by molar-refractivity contribution is 7.89. The van der Waals surface area contributed by atoms with E-state index in [0.717, 1.165) is 11.1 Å². The number of hydrogen-bond donors (Lipinski definition) is 1. The minimum atomic E-state index is -3.58. The standard InChI is InChI=1S/C20H21Cl3N2O3S/c1-12-3-4-15(9-13(12)2)29(27,28)25-7-5-14(6-8-25)20(26)24-19-11-17(22)16(21)10-18(19)23/h3-4,9-11,14H,5-8H2,1-2H3,(H,24,26). The van der Waals surface area contributed by atoms with Gasteiger partial charge in [-0.05, 0) is 62.1 Å². The molecule has 1 saturated heterocycles. The normalized spacial score (nSPS) is 16.0. The number of halogens is 3. The van der Waals surface area contributed by atoms with Gasteiger partial charge >= 0.3 is 0 Å². The fourth-order valence-corrected chi connectivity index (χ4v) is 5.38. The second kappa shape index (κ2) is 8.82. The SMILES string of the molecule is Cc1ccc(S(=O)(=O)N2CCC(C(=O)Nc3cc(Cl)c(Cl)cc3Cl)CC2)cc1C. The molecule has 1 heterocycles. The van der Waals surface area contributed by atoms with Crippen LogP contribution in [0.15, 0.2) is 35.2 Å². The summed E-state index contributed by atoms with van der Waals surface area (Å²) in [6.07, 6.45) is 0.851. The number of carbonyl (C=O) groups excluding carboxylic acids is 1. The van der Waals surface area contributed by atoms with Gasteiger partial charge in [-0.15, -0.1) is 0 Å². The van der Waals surface area contributed by atoms with Crippen LogP contribution in [-0.2, 0) is 14.8 Å². The average molecular weight is 476 g/mol. The van der Waals surface area contributed by atoms with E-state index in [0.29, 0.717) is 33.6 Å². The molecule has 5 nitrogen and oxygen atoms in total. The highest BCUT2D eigenvalue weighted by atomic mass is 35.5. The van der Waals surface area contributed by atoms with Crippen LogP contribution in [0.25, 0.3) is 0 Å². The van der Waals surface area contributed by atoms with Crippen LogP contribution in [0, 0.1) is 19.8 Å². The van der Waals surface area contributed by atoms with Crippen LogP contribution in [0.2, 0.25) is 15.1 Å². The molecule has 3 rings (SSSR count). The molecule has 0 unspecified atom stereocenters. The molecule has 0 aliphatic carbocycles. The van der Waals surface area contributed by atoms with Gasteiger partial charge in [-0.25, -0.2) is 8.42 Å². The minimum absolute atomic E-state index is 0.214. The quantitative estimate of drug-likeness (QED) is 0.610. The second-order valence-electron chi connectivity index (χ2n) is 7.16. The summed E-state index contributed by atoms with van der Waals surface area (Å²) in [5, 5.41) is 3.66. The smallest absolute Gasteiger partial charge is 0.243 e. The highest BCUT2D eigenvalue weighted by Gasteiger charge is 2.32. The van der Waals surface area contributed by atoms with E-state index in [-0.39, 0.29) is 29.8 Å². The summed E-state index contributed by atoms with van der Waals surface area (Å²) in [5.74, 6) is -0.528. The van der Waals surface area contributed by atoms with Crippen molar-refractivity contribution in [3.63, 3.8) is 0 Å². The van der Waals surface area contributed by atoms with E-state index in [2.05, 4.69) is 5.32 Å². The highest BCUT2D eigenvalue weighted by Crippen LogP contribution is 2.33. The summed E-state index contributed by atoms with van der Waals surface area (Å²) in [4.78, 5) is 12.9. The molecule has 1 aliphatic rings. The molecule has 1 N–H and O–H groups in total. The van der Waals surface area contributed by atoms with Crippen molar-refractivity contribution in [2.24, 2.45) is 5.92 Å². The fraction of sp³-hybridized carbons (Fsp3) is 0.350. The Balaban J connectivity index is 1.66. The van der Waals surface area contributed by atoms with Crippen molar-refractivity contribution in [3.05, 3.63) is 56.5 Å². The maximum absolute atomic E-state index is 12.9. The summed E-state index contributed by atoms with van der Waals surface area (Å²) in [7, 11) is -3.58. The third kappa shape index (κ3) is 4.89. The molecular formula is C20H21Cl3N2O3S. The number of sulfonamides is 1. The van der Waals surface area contributed by atoms with Crippen LogP contribution in [0.3, 0.4) is 0 Å². The van der Waals surface area contributed by atoms with Crippen LogP contribution in [-0.4, -0.2) is 31.7 Å². The first-order valence-corrected chi connectivity index (χ1v) is 11.7. The third-order valence-corrected chi connectivity index (χ3v) is 8.14. The largest absolute Gasteiger partial charge is 0.324 e. The first-order valence-electron chi connectivity index (χ1n) is 9.12. The summed E-state index contributed by atoms with van der Waals surface area (Å²) < 4.78 is 27.3. The Morgan fingerprint density at radius 3 is 2.21 bits per heavy atom. The predicted octanol–water partition coefficient (Wildman–Crippen LogP) is 5.30. The fourth-order valence-electron chi connectivity index (χ4n) is 3.23. The lowest BCUT2D eigenvalue weighted by molar-refractivity contribution is -0.120. The monoisotopic (exact) mass is 474 g/mol. The Hall–Kier alpha value is -1.31. The Kier molecular flexibility index (Phi) is 6.81. The number of rotatable bonds is 4. The molecule has 0 radical (unpaired) electrons. The van der Waals surface area contributed by atoms with E-state index in [1.807, 2.05) is 19.9 Å². The number of carbonyl (C=O) groups is 1. The molecule has 0 atom stereocenters. The summed E-state index contributed by atoms with van der Waals surface area (Å²) >= 11 is 18.0. The molecule has 29 heavy (non-hydrogen) atoms. The molecule has 2 aromatic rings. The van der Waals surface area contributed by atoms with Gasteiger partial charge in [0.2, 0.25) is 15.9 Å². The first kappa shape index (κ1) is 22.4. The first-order chi connectivity index (χ1) is 13.6. The van der Waals surface area contributed by atoms with Gasteiger partial charge in [-0.2, -0.15) is 4.31 Å². The lowest BCUT2D eigenvalue weighted by Gasteiger charge is -2.30. The van der Waals surface area contributed by atoms with Gasteiger partial charge in [0.25, 0.3) is 0 Å². The number of piperidine rings is 1. The molecule has 0 spiro atoms. The predicted molar refractivity (Wildman–Crippen MR) is 118 cm³/mol. The van der Waals surface area contributed by atoms with Crippen molar-refractivity contribution < 1.29 is 13.2 Å². The van der Waals surface area contributed by atoms with Gasteiger partial charge in [0.05, 0.1) is 25.7 Å². The Bertz CT molecular complexity index is 1050. The molecule has 2 aromatic carbocycles. The summed E-state index contributed by atoms with van der Waals surface area (Å²) in [6.45, 7) is 4.39. The topological polar surface area (TPSA) is 66.5 Å². The van der Waals surface area contributed by atoms with Crippen LogP contribution in [0.1, 0.15) is 24.0 Å². The number of hydrogen-bond acceptors (Lipinski definition) is 3. The molecule has 9 heteroatoms. The number of aryl methyl sites for hydroxylation is 2. The van der Waals surface area contributed by atoms with E-state index >= 15 is 0 Å². The van der Waals surface area contributed by atoms with Crippen LogP contribution in [0.4, 0.5) is 5.69 Å². The third-order valence-electron chi connectivity index (χ3n) is 5.21. The van der Waals surface area contributed by atoms with Crippen LogP contribution < -0.4 is 5.32 Å².